The van der Waals surface area contributed by atoms with Crippen LogP contribution < -0.4 is 10.6 Å². The van der Waals surface area contributed by atoms with Crippen LogP contribution in [-0.2, 0) is 4.79 Å². The topological polar surface area (TPSA) is 66.9 Å². The molecule has 5 nitrogen and oxygen atoms in total. The Hall–Kier alpha value is -2.47. The van der Waals surface area contributed by atoms with E-state index in [1.807, 2.05) is 25.1 Å². The van der Waals surface area contributed by atoms with Crippen LogP contribution in [0.3, 0.4) is 0 Å². The van der Waals surface area contributed by atoms with Crippen molar-refractivity contribution >= 4 is 33.3 Å². The van der Waals surface area contributed by atoms with Gasteiger partial charge in [0.05, 0.1) is 11.9 Å². The van der Waals surface area contributed by atoms with Gasteiger partial charge in [0.1, 0.15) is 16.5 Å². The number of benzene rings is 1. The van der Waals surface area contributed by atoms with Gasteiger partial charge in [-0.05, 0) is 44.7 Å². The fourth-order valence-corrected chi connectivity index (χ4v) is 4.37. The minimum atomic E-state index is -0.0292. The highest BCUT2D eigenvalue weighted by Crippen LogP contribution is 2.35. The first kappa shape index (κ1) is 17.0. The van der Waals surface area contributed by atoms with Crippen LogP contribution in [0, 0.1) is 6.92 Å². The van der Waals surface area contributed by atoms with E-state index in [1.54, 1.807) is 11.3 Å². The third-order valence-electron chi connectivity index (χ3n) is 4.88. The van der Waals surface area contributed by atoms with Crippen LogP contribution in [-0.4, -0.2) is 28.0 Å². The van der Waals surface area contributed by atoms with E-state index in [1.165, 1.54) is 6.42 Å². The van der Waals surface area contributed by atoms with Gasteiger partial charge in [0.25, 0.3) is 0 Å². The van der Waals surface area contributed by atoms with Gasteiger partial charge in [0.2, 0.25) is 5.91 Å². The molecule has 0 unspecified atom stereocenters. The van der Waals surface area contributed by atoms with Gasteiger partial charge in [0.15, 0.2) is 0 Å². The van der Waals surface area contributed by atoms with Crippen LogP contribution in [0.2, 0.25) is 0 Å². The Kier molecular flexibility index (Phi) is 4.36. The van der Waals surface area contributed by atoms with E-state index < -0.39 is 0 Å². The van der Waals surface area contributed by atoms with Crippen molar-refractivity contribution in [1.29, 1.82) is 0 Å². The molecule has 0 bridgehead atoms. The first-order valence-corrected chi connectivity index (χ1v) is 9.73. The molecule has 1 saturated carbocycles. The van der Waals surface area contributed by atoms with Crippen LogP contribution in [0.15, 0.2) is 36.4 Å². The molecular formula is C20H22N4OS. The van der Waals surface area contributed by atoms with Crippen LogP contribution in [0.4, 0.5) is 5.82 Å². The minimum absolute atomic E-state index is 0.00938. The summed E-state index contributed by atoms with van der Waals surface area (Å²) in [5, 5.41) is 7.28. The smallest absolute Gasteiger partial charge is 0.239 e. The number of rotatable bonds is 5. The first-order valence-electron chi connectivity index (χ1n) is 8.91. The maximum Gasteiger partial charge on any atom is 0.239 e. The van der Waals surface area contributed by atoms with Crippen LogP contribution in [0.1, 0.15) is 32.0 Å². The molecule has 3 aromatic rings. The Morgan fingerprint density at radius 1 is 1.23 bits per heavy atom. The predicted molar refractivity (Wildman–Crippen MR) is 106 cm³/mol. The molecule has 4 rings (SSSR count). The fourth-order valence-electron chi connectivity index (χ4n) is 3.28. The second-order valence-electron chi connectivity index (χ2n) is 7.13. The molecular weight excluding hydrogens is 344 g/mol. The number of nitrogens with one attached hydrogen (secondary N) is 2. The van der Waals surface area contributed by atoms with E-state index in [0.717, 1.165) is 39.3 Å². The number of aromatic nitrogens is 2. The highest BCUT2D eigenvalue weighted by Gasteiger charge is 2.32. The number of amides is 1. The zero-order valence-electron chi connectivity index (χ0n) is 15.0. The number of hydrogen-bond donors (Lipinski definition) is 2. The lowest BCUT2D eigenvalue weighted by Crippen LogP contribution is -2.52. The Labute approximate surface area is 156 Å². The second kappa shape index (κ2) is 6.68. The number of carbonyl (C=O) groups excluding carboxylic acids is 1. The number of aryl methyl sites for hydroxylation is 1. The summed E-state index contributed by atoms with van der Waals surface area (Å²) in [6.45, 7) is 4.20. The van der Waals surface area contributed by atoms with Crippen LogP contribution in [0.25, 0.3) is 20.7 Å². The SMILES string of the molecule is Cc1nc(NCC(=O)NC2(C)CCC2)c2cc(-c3ccccc3)sc2n1. The van der Waals surface area contributed by atoms with Gasteiger partial charge in [-0.2, -0.15) is 0 Å². The maximum atomic E-state index is 12.3. The van der Waals surface area contributed by atoms with Gasteiger partial charge < -0.3 is 10.6 Å². The van der Waals surface area contributed by atoms with Crippen molar-refractivity contribution in [3.63, 3.8) is 0 Å². The third kappa shape index (κ3) is 3.42. The van der Waals surface area contributed by atoms with Crippen molar-refractivity contribution in [2.45, 2.75) is 38.6 Å². The van der Waals surface area contributed by atoms with Crippen LogP contribution >= 0.6 is 11.3 Å². The molecule has 2 heterocycles. The van der Waals surface area contributed by atoms with Crippen molar-refractivity contribution in [1.82, 2.24) is 15.3 Å². The van der Waals surface area contributed by atoms with E-state index in [2.05, 4.69) is 45.7 Å². The molecule has 1 aromatic carbocycles. The largest absolute Gasteiger partial charge is 0.360 e. The van der Waals surface area contributed by atoms with Gasteiger partial charge in [-0.3, -0.25) is 4.79 Å². The first-order chi connectivity index (χ1) is 12.5. The average Bonchev–Trinajstić information content (AvgIpc) is 3.03. The Morgan fingerprint density at radius 3 is 2.69 bits per heavy atom. The van der Waals surface area contributed by atoms with E-state index >= 15 is 0 Å². The Morgan fingerprint density at radius 2 is 2.00 bits per heavy atom. The summed E-state index contributed by atoms with van der Waals surface area (Å²) >= 11 is 1.64. The molecule has 0 atom stereocenters. The Bertz CT molecular complexity index is 947. The van der Waals surface area contributed by atoms with Crippen molar-refractivity contribution in [3.05, 3.63) is 42.2 Å². The standard InChI is InChI=1S/C20H22N4OS/c1-13-22-18(21-12-17(25)24-20(2)9-6-10-20)15-11-16(26-19(15)23-13)14-7-4-3-5-8-14/h3-5,7-8,11H,6,9-10,12H2,1-2H3,(H,24,25)(H,21,22,23). The summed E-state index contributed by atoms with van der Waals surface area (Å²) in [6, 6.07) is 12.3. The van der Waals surface area contributed by atoms with Gasteiger partial charge >= 0.3 is 0 Å². The fraction of sp³-hybridized carbons (Fsp3) is 0.350. The van der Waals surface area contributed by atoms with Crippen molar-refractivity contribution in [2.24, 2.45) is 0 Å². The second-order valence-corrected chi connectivity index (χ2v) is 8.16. The summed E-state index contributed by atoms with van der Waals surface area (Å²) in [7, 11) is 0. The number of thiophene rings is 1. The van der Waals surface area contributed by atoms with Crippen molar-refractivity contribution in [3.8, 4) is 10.4 Å². The molecule has 1 amide bonds. The number of anilines is 1. The predicted octanol–water partition coefficient (Wildman–Crippen LogP) is 4.14. The monoisotopic (exact) mass is 366 g/mol. The summed E-state index contributed by atoms with van der Waals surface area (Å²) in [6.07, 6.45) is 3.30. The zero-order valence-corrected chi connectivity index (χ0v) is 15.8. The molecule has 1 aliphatic carbocycles. The Balaban J connectivity index is 1.56. The van der Waals surface area contributed by atoms with Crippen molar-refractivity contribution < 1.29 is 4.79 Å². The quantitative estimate of drug-likeness (QED) is 0.712. The molecule has 2 aromatic heterocycles. The van der Waals surface area contributed by atoms with E-state index in [4.69, 9.17) is 0 Å². The summed E-state index contributed by atoms with van der Waals surface area (Å²) in [4.78, 5) is 23.4. The molecule has 0 saturated heterocycles. The zero-order chi connectivity index (χ0) is 18.1. The lowest BCUT2D eigenvalue weighted by atomic mass is 9.78. The normalized spacial score (nSPS) is 15.5. The summed E-state index contributed by atoms with van der Waals surface area (Å²) in [5.74, 6) is 1.43. The molecule has 134 valence electrons. The molecule has 0 radical (unpaired) electrons. The van der Waals surface area contributed by atoms with Crippen molar-refractivity contribution in [2.75, 3.05) is 11.9 Å². The number of fused-ring (bicyclic) bond motifs is 1. The van der Waals surface area contributed by atoms with E-state index in [0.29, 0.717) is 5.82 Å². The van der Waals surface area contributed by atoms with E-state index in [9.17, 15) is 4.79 Å². The molecule has 0 spiro atoms. The minimum Gasteiger partial charge on any atom is -0.360 e. The highest BCUT2D eigenvalue weighted by molar-refractivity contribution is 7.21. The highest BCUT2D eigenvalue weighted by atomic mass is 32.1. The maximum absolute atomic E-state index is 12.3. The van der Waals surface area contributed by atoms with E-state index in [-0.39, 0.29) is 18.0 Å². The number of carbonyl (C=O) groups is 1. The van der Waals surface area contributed by atoms with Gasteiger partial charge in [-0.1, -0.05) is 30.3 Å². The molecule has 6 heteroatoms. The van der Waals surface area contributed by atoms with Gasteiger partial charge in [0, 0.05) is 10.4 Å². The average molecular weight is 366 g/mol. The van der Waals surface area contributed by atoms with Gasteiger partial charge in [-0.15, -0.1) is 11.3 Å². The number of nitrogens with zero attached hydrogens (tertiary/aromatic N) is 2. The lowest BCUT2D eigenvalue weighted by molar-refractivity contribution is -0.122. The molecule has 0 aliphatic heterocycles. The number of hydrogen-bond acceptors (Lipinski definition) is 5. The molecule has 1 aliphatic rings. The molecule has 26 heavy (non-hydrogen) atoms. The molecule has 1 fully saturated rings. The van der Waals surface area contributed by atoms with Crippen LogP contribution in [0.5, 0.6) is 0 Å². The third-order valence-corrected chi connectivity index (χ3v) is 5.96. The van der Waals surface area contributed by atoms with Gasteiger partial charge in [-0.25, -0.2) is 9.97 Å². The summed E-state index contributed by atoms with van der Waals surface area (Å²) in [5.41, 5.74) is 1.13. The molecule has 2 N–H and O–H groups in total. The summed E-state index contributed by atoms with van der Waals surface area (Å²) < 4.78 is 0. The lowest BCUT2D eigenvalue weighted by Gasteiger charge is -2.39.